The number of rotatable bonds is 1. The summed E-state index contributed by atoms with van der Waals surface area (Å²) >= 11 is 0. The number of aliphatic carboxylic acids is 1. The topological polar surface area (TPSA) is 92.2 Å². The molecule has 0 aliphatic rings. The molecule has 0 amide bonds. The summed E-state index contributed by atoms with van der Waals surface area (Å²) in [5.74, 6) is -1.44. The Hall–Kier alpha value is -0.0905. The maximum absolute atomic E-state index is 9.34. The van der Waals surface area contributed by atoms with Gasteiger partial charge in [-0.15, -0.1) is 0 Å². The molecule has 0 aliphatic carbocycles. The van der Waals surface area contributed by atoms with Gasteiger partial charge in [0.1, 0.15) is 0 Å². The molecule has 0 aliphatic heterocycles. The van der Waals surface area contributed by atoms with Crippen LogP contribution in [0.1, 0.15) is 0 Å². The Balaban J connectivity index is 0. The molecular weight excluding hydrogens is 148 g/mol. The maximum Gasteiger partial charge on any atom is 1.00 e. The van der Waals surface area contributed by atoms with Crippen molar-refractivity contribution in [1.82, 2.24) is 0 Å². The molecule has 0 spiro atoms. The van der Waals surface area contributed by atoms with Gasteiger partial charge in [-0.3, -0.25) is 0 Å². The van der Waals surface area contributed by atoms with E-state index >= 15 is 0 Å². The van der Waals surface area contributed by atoms with E-state index in [4.69, 9.17) is 0 Å². The van der Waals surface area contributed by atoms with E-state index in [-0.39, 0.29) is 17.1 Å². The molecule has 0 rings (SSSR count). The van der Waals surface area contributed by atoms with Gasteiger partial charge in [-0.25, -0.2) is 0 Å². The normalized spacial score (nSPS) is 7.86. The summed E-state index contributed by atoms with van der Waals surface area (Å²) in [6.07, 6.45) is -1.34. The standard InChI is InChI=1S/C2H6N2O2.Cu/c3-1(4)2(5)6;/h1H,3-4H2,(H,5,6);/q;+1/p-1. The molecule has 0 radical (unpaired) electrons. The zero-order valence-corrected chi connectivity index (χ0v) is 4.29. The van der Waals surface area contributed by atoms with Gasteiger partial charge < -0.3 is 21.4 Å². The van der Waals surface area contributed by atoms with Crippen LogP contribution in [0.3, 0.4) is 0 Å². The van der Waals surface area contributed by atoms with Crippen molar-refractivity contribution in [3.8, 4) is 0 Å². The van der Waals surface area contributed by atoms with E-state index in [2.05, 4.69) is 11.5 Å². The molecule has 4 nitrogen and oxygen atoms in total. The minimum absolute atomic E-state index is 0. The molecule has 0 aromatic rings. The fourth-order valence-corrected chi connectivity index (χ4v) is 0. The maximum atomic E-state index is 9.34. The Kier molecular flexibility index (Phi) is 5.83. The first kappa shape index (κ1) is 10.0. The second-order valence-electron chi connectivity index (χ2n) is 0.845. The molecule has 0 heterocycles. The number of hydrogen-bond donors (Lipinski definition) is 2. The van der Waals surface area contributed by atoms with Crippen molar-refractivity contribution in [3.05, 3.63) is 0 Å². The number of hydrogen-bond acceptors (Lipinski definition) is 4. The van der Waals surface area contributed by atoms with Crippen molar-refractivity contribution >= 4 is 5.97 Å². The van der Waals surface area contributed by atoms with Crippen LogP contribution < -0.4 is 16.6 Å². The quantitative estimate of drug-likeness (QED) is 0.309. The van der Waals surface area contributed by atoms with Crippen LogP contribution in [0.2, 0.25) is 0 Å². The van der Waals surface area contributed by atoms with Gasteiger partial charge >= 0.3 is 17.1 Å². The summed E-state index contributed by atoms with van der Waals surface area (Å²) in [5.41, 5.74) is 9.10. The molecule has 0 atom stereocenters. The molecule has 46 valence electrons. The van der Waals surface area contributed by atoms with E-state index in [0.29, 0.717) is 0 Å². The van der Waals surface area contributed by atoms with Gasteiger partial charge in [0.25, 0.3) is 0 Å². The summed E-state index contributed by atoms with van der Waals surface area (Å²) in [7, 11) is 0. The third kappa shape index (κ3) is 5.91. The average Bonchev–Trinajstić information content (AvgIpc) is 1.36. The summed E-state index contributed by atoms with van der Waals surface area (Å²) < 4.78 is 0. The molecule has 0 fully saturated rings. The SMILES string of the molecule is NC(N)C(=O)[O-].[Cu+]. The Morgan fingerprint density at radius 3 is 1.71 bits per heavy atom. The van der Waals surface area contributed by atoms with Gasteiger partial charge in [-0.1, -0.05) is 0 Å². The molecule has 0 aromatic carbocycles. The summed E-state index contributed by atoms with van der Waals surface area (Å²) in [6.45, 7) is 0. The molecule has 0 aromatic heterocycles. The number of nitrogens with two attached hydrogens (primary N) is 2. The van der Waals surface area contributed by atoms with Crippen LogP contribution in [0, 0.1) is 0 Å². The van der Waals surface area contributed by atoms with Gasteiger partial charge in [0.05, 0.1) is 12.1 Å². The van der Waals surface area contributed by atoms with Gasteiger partial charge in [-0.05, 0) is 0 Å². The summed E-state index contributed by atoms with van der Waals surface area (Å²) in [6, 6.07) is 0. The predicted octanol–water partition coefficient (Wildman–Crippen LogP) is -3.02. The van der Waals surface area contributed by atoms with E-state index in [1.165, 1.54) is 0 Å². The first-order chi connectivity index (χ1) is 2.64. The predicted molar refractivity (Wildman–Crippen MR) is 17.2 cm³/mol. The number of carboxylic acids is 1. The van der Waals surface area contributed by atoms with E-state index in [1.54, 1.807) is 0 Å². The summed E-state index contributed by atoms with van der Waals surface area (Å²) in [5, 5.41) is 9.34. The largest absolute Gasteiger partial charge is 1.00 e. The van der Waals surface area contributed by atoms with Crippen molar-refractivity contribution in [1.29, 1.82) is 0 Å². The second-order valence-corrected chi connectivity index (χ2v) is 0.845. The molecule has 0 saturated heterocycles. The van der Waals surface area contributed by atoms with Crippen LogP contribution in [-0.4, -0.2) is 12.1 Å². The first-order valence-electron chi connectivity index (χ1n) is 1.36. The van der Waals surface area contributed by atoms with Gasteiger partial charge in [0.15, 0.2) is 0 Å². The Morgan fingerprint density at radius 2 is 1.71 bits per heavy atom. The van der Waals surface area contributed by atoms with Gasteiger partial charge in [0, 0.05) is 0 Å². The zero-order chi connectivity index (χ0) is 5.15. The first-order valence-corrected chi connectivity index (χ1v) is 1.36. The number of carboxylic acid groups (broad SMARTS) is 1. The zero-order valence-electron chi connectivity index (χ0n) is 3.35. The van der Waals surface area contributed by atoms with Crippen LogP contribution >= 0.6 is 0 Å². The Labute approximate surface area is 51.3 Å². The minimum atomic E-state index is -1.44. The molecular formula is C2H5CuN2O2. The van der Waals surface area contributed by atoms with E-state index in [1.807, 2.05) is 0 Å². The number of carbonyl (C=O) groups excluding carboxylic acids is 1. The van der Waals surface area contributed by atoms with E-state index in [9.17, 15) is 9.90 Å². The van der Waals surface area contributed by atoms with Crippen molar-refractivity contribution in [2.24, 2.45) is 11.5 Å². The molecule has 7 heavy (non-hydrogen) atoms. The third-order valence-corrected chi connectivity index (χ3v) is 0.272. The van der Waals surface area contributed by atoms with Gasteiger partial charge in [0.2, 0.25) is 0 Å². The van der Waals surface area contributed by atoms with Crippen molar-refractivity contribution in [3.63, 3.8) is 0 Å². The summed E-state index contributed by atoms with van der Waals surface area (Å²) in [4.78, 5) is 9.34. The van der Waals surface area contributed by atoms with Crippen molar-refractivity contribution in [2.75, 3.05) is 0 Å². The molecule has 5 heteroatoms. The molecule has 4 N–H and O–H groups in total. The van der Waals surface area contributed by atoms with Crippen LogP contribution in [0.4, 0.5) is 0 Å². The molecule has 0 saturated carbocycles. The smallest absolute Gasteiger partial charge is 0.547 e. The third-order valence-electron chi connectivity index (χ3n) is 0.272. The minimum Gasteiger partial charge on any atom is -0.547 e. The van der Waals surface area contributed by atoms with Crippen molar-refractivity contribution in [2.45, 2.75) is 6.17 Å². The Morgan fingerprint density at radius 1 is 1.57 bits per heavy atom. The van der Waals surface area contributed by atoms with E-state index < -0.39 is 12.1 Å². The van der Waals surface area contributed by atoms with Crippen molar-refractivity contribution < 1.29 is 27.0 Å². The fraction of sp³-hybridized carbons (Fsp3) is 0.500. The van der Waals surface area contributed by atoms with Crippen LogP contribution in [0.5, 0.6) is 0 Å². The van der Waals surface area contributed by atoms with Gasteiger partial charge in [-0.2, -0.15) is 0 Å². The Bertz CT molecular complexity index is 64.7. The molecule has 0 unspecified atom stereocenters. The van der Waals surface area contributed by atoms with Crippen LogP contribution in [0.25, 0.3) is 0 Å². The van der Waals surface area contributed by atoms with Crippen LogP contribution in [0.15, 0.2) is 0 Å². The monoisotopic (exact) mass is 152 g/mol. The molecule has 0 bridgehead atoms. The average molecular weight is 153 g/mol. The fourth-order valence-electron chi connectivity index (χ4n) is 0. The van der Waals surface area contributed by atoms with E-state index in [0.717, 1.165) is 0 Å². The second kappa shape index (κ2) is 4.08. The van der Waals surface area contributed by atoms with Crippen LogP contribution in [-0.2, 0) is 21.9 Å². The number of carbonyl (C=O) groups is 1.